The van der Waals surface area contributed by atoms with Gasteiger partial charge in [0, 0.05) is 40.1 Å². The highest BCUT2D eigenvalue weighted by Gasteiger charge is 2.15. The van der Waals surface area contributed by atoms with Crippen molar-refractivity contribution in [1.29, 1.82) is 0 Å². The van der Waals surface area contributed by atoms with Crippen molar-refractivity contribution in [1.82, 2.24) is 30.5 Å². The summed E-state index contributed by atoms with van der Waals surface area (Å²) in [6.07, 6.45) is 12.8. The SMILES string of the molecule is C=C/C(=C\C(=C/C)c1cnc2n[nH]c(-c3cc4c(-c5ccsc5)ccnc4[nH]3)c2c1)NC(=C)CCCC. The first-order valence-electron chi connectivity index (χ1n) is 12.4. The van der Waals surface area contributed by atoms with Gasteiger partial charge in [-0.1, -0.05) is 32.6 Å². The summed E-state index contributed by atoms with van der Waals surface area (Å²) in [7, 11) is 0. The van der Waals surface area contributed by atoms with Crippen LogP contribution in [0.1, 0.15) is 38.7 Å². The molecule has 0 aliphatic carbocycles. The Morgan fingerprint density at radius 1 is 1.19 bits per heavy atom. The Morgan fingerprint density at radius 2 is 2.08 bits per heavy atom. The summed E-state index contributed by atoms with van der Waals surface area (Å²) < 4.78 is 0. The van der Waals surface area contributed by atoms with Crippen molar-refractivity contribution in [2.75, 3.05) is 0 Å². The number of pyridine rings is 2. The molecule has 0 saturated carbocycles. The molecule has 0 amide bonds. The molecule has 0 radical (unpaired) electrons. The van der Waals surface area contributed by atoms with Gasteiger partial charge in [0.15, 0.2) is 5.65 Å². The van der Waals surface area contributed by atoms with Crippen molar-refractivity contribution >= 4 is 39.0 Å². The zero-order valence-corrected chi connectivity index (χ0v) is 22.0. The Labute approximate surface area is 220 Å². The summed E-state index contributed by atoms with van der Waals surface area (Å²) in [5.41, 5.74) is 9.57. The van der Waals surface area contributed by atoms with Gasteiger partial charge in [-0.05, 0) is 83.6 Å². The van der Waals surface area contributed by atoms with Crippen LogP contribution in [0.3, 0.4) is 0 Å². The molecule has 37 heavy (non-hydrogen) atoms. The average molecular weight is 507 g/mol. The van der Waals surface area contributed by atoms with E-state index in [2.05, 4.69) is 97.7 Å². The van der Waals surface area contributed by atoms with Crippen molar-refractivity contribution < 1.29 is 0 Å². The topological polar surface area (TPSA) is 82.3 Å². The van der Waals surface area contributed by atoms with E-state index in [0.717, 1.165) is 75.2 Å². The number of unbranched alkanes of at least 4 members (excludes halogenated alkanes) is 1. The minimum absolute atomic E-state index is 0.665. The Morgan fingerprint density at radius 3 is 2.84 bits per heavy atom. The van der Waals surface area contributed by atoms with Crippen molar-refractivity contribution in [3.8, 4) is 22.5 Å². The van der Waals surface area contributed by atoms with E-state index >= 15 is 0 Å². The molecule has 5 rings (SSSR count). The quantitative estimate of drug-likeness (QED) is 0.168. The molecule has 0 spiro atoms. The van der Waals surface area contributed by atoms with Gasteiger partial charge in [-0.3, -0.25) is 5.10 Å². The molecule has 0 saturated heterocycles. The maximum Gasteiger partial charge on any atom is 0.181 e. The zero-order valence-electron chi connectivity index (χ0n) is 21.1. The molecule has 0 aromatic carbocycles. The lowest BCUT2D eigenvalue weighted by atomic mass is 10.0. The van der Waals surface area contributed by atoms with E-state index in [1.54, 1.807) is 11.3 Å². The highest BCUT2D eigenvalue weighted by Crippen LogP contribution is 2.34. The second-order valence-corrected chi connectivity index (χ2v) is 9.67. The standard InChI is InChI=1S/C30H30N6S/c1-5-8-9-19(4)33-23(7-3)14-20(6-2)22-15-26-28(35-36-30(26)32-17-22)27-16-25-24(21-11-13-37-18-21)10-12-31-29(25)34-27/h6-7,10-18,33H,3-5,8-9H2,1-2H3,(H,31,34)(H,32,35,36)/b20-6+,23-14+. The Hall–Kier alpha value is -4.23. The van der Waals surface area contributed by atoms with Gasteiger partial charge in [0.25, 0.3) is 0 Å². The van der Waals surface area contributed by atoms with Crippen molar-refractivity contribution in [3.05, 3.63) is 95.8 Å². The third-order valence-electron chi connectivity index (χ3n) is 6.37. The van der Waals surface area contributed by atoms with Crippen LogP contribution in [-0.2, 0) is 0 Å². The van der Waals surface area contributed by atoms with Crippen molar-refractivity contribution in [2.24, 2.45) is 0 Å². The molecule has 7 heteroatoms. The number of H-pyrrole nitrogens is 2. The highest BCUT2D eigenvalue weighted by molar-refractivity contribution is 7.08. The largest absolute Gasteiger partial charge is 0.359 e. The highest BCUT2D eigenvalue weighted by atomic mass is 32.1. The first-order chi connectivity index (χ1) is 18.1. The molecule has 0 fully saturated rings. The number of aromatic amines is 2. The van der Waals surface area contributed by atoms with Crippen LogP contribution in [0.5, 0.6) is 0 Å². The summed E-state index contributed by atoms with van der Waals surface area (Å²) in [5.74, 6) is 0. The maximum atomic E-state index is 4.64. The number of hydrogen-bond acceptors (Lipinski definition) is 5. The number of fused-ring (bicyclic) bond motifs is 2. The molecule has 0 unspecified atom stereocenters. The number of hydrogen-bond donors (Lipinski definition) is 3. The van der Waals surface area contributed by atoms with Crippen LogP contribution >= 0.6 is 11.3 Å². The molecule has 0 aliphatic heterocycles. The number of thiophene rings is 1. The van der Waals surface area contributed by atoms with E-state index < -0.39 is 0 Å². The van der Waals surface area contributed by atoms with Crippen LogP contribution in [0, 0.1) is 0 Å². The third-order valence-corrected chi connectivity index (χ3v) is 7.05. The van der Waals surface area contributed by atoms with Gasteiger partial charge in [-0.15, -0.1) is 0 Å². The lowest BCUT2D eigenvalue weighted by Gasteiger charge is -2.11. The van der Waals surface area contributed by atoms with E-state index in [9.17, 15) is 0 Å². The van der Waals surface area contributed by atoms with Gasteiger partial charge >= 0.3 is 0 Å². The lowest BCUT2D eigenvalue weighted by Crippen LogP contribution is -2.10. The fourth-order valence-corrected chi connectivity index (χ4v) is 5.05. The van der Waals surface area contributed by atoms with Crippen LogP contribution in [0.15, 0.2) is 90.2 Å². The second kappa shape index (κ2) is 10.8. The van der Waals surface area contributed by atoms with Crippen molar-refractivity contribution in [2.45, 2.75) is 33.1 Å². The number of aromatic nitrogens is 5. The molecule has 0 bridgehead atoms. The van der Waals surface area contributed by atoms with E-state index in [1.807, 2.05) is 25.4 Å². The summed E-state index contributed by atoms with van der Waals surface area (Å²) in [4.78, 5) is 12.7. The van der Waals surface area contributed by atoms with E-state index in [4.69, 9.17) is 0 Å². The van der Waals surface area contributed by atoms with Gasteiger partial charge < -0.3 is 10.3 Å². The predicted octanol–water partition coefficient (Wildman–Crippen LogP) is 8.00. The van der Waals surface area contributed by atoms with E-state index in [1.165, 1.54) is 5.56 Å². The summed E-state index contributed by atoms with van der Waals surface area (Å²) >= 11 is 1.69. The number of nitrogens with zero attached hydrogens (tertiary/aromatic N) is 3. The third kappa shape index (κ3) is 5.04. The van der Waals surface area contributed by atoms with Crippen LogP contribution in [-0.4, -0.2) is 25.1 Å². The fourth-order valence-electron chi connectivity index (χ4n) is 4.40. The van der Waals surface area contributed by atoms with Gasteiger partial charge in [0.2, 0.25) is 0 Å². The van der Waals surface area contributed by atoms with Crippen molar-refractivity contribution in [3.63, 3.8) is 0 Å². The second-order valence-electron chi connectivity index (χ2n) is 8.89. The first-order valence-corrected chi connectivity index (χ1v) is 13.4. The van der Waals surface area contributed by atoms with E-state index in [0.29, 0.717) is 5.65 Å². The normalized spacial score (nSPS) is 12.4. The first kappa shape index (κ1) is 24.5. The minimum Gasteiger partial charge on any atom is -0.359 e. The van der Waals surface area contributed by atoms with Gasteiger partial charge in [-0.25, -0.2) is 9.97 Å². The molecule has 5 heterocycles. The molecule has 3 N–H and O–H groups in total. The minimum atomic E-state index is 0.665. The van der Waals surface area contributed by atoms with E-state index in [-0.39, 0.29) is 0 Å². The van der Waals surface area contributed by atoms with Crippen LogP contribution in [0.25, 0.3) is 50.2 Å². The predicted molar refractivity (Wildman–Crippen MR) is 156 cm³/mol. The monoisotopic (exact) mass is 506 g/mol. The maximum absolute atomic E-state index is 4.64. The molecular formula is C30H30N6S. The molecule has 5 aromatic rings. The molecule has 6 nitrogen and oxygen atoms in total. The smallest absolute Gasteiger partial charge is 0.181 e. The molecular weight excluding hydrogens is 476 g/mol. The number of allylic oxidation sites excluding steroid dienone is 5. The van der Waals surface area contributed by atoms with Crippen LogP contribution in [0.4, 0.5) is 0 Å². The zero-order chi connectivity index (χ0) is 25.8. The van der Waals surface area contributed by atoms with Gasteiger partial charge in [-0.2, -0.15) is 16.4 Å². The van der Waals surface area contributed by atoms with Gasteiger partial charge in [0.05, 0.1) is 11.4 Å². The van der Waals surface area contributed by atoms with Gasteiger partial charge in [0.1, 0.15) is 5.65 Å². The summed E-state index contributed by atoms with van der Waals surface area (Å²) in [5, 5.41) is 17.3. The Kier molecular flexibility index (Phi) is 7.14. The Balaban J connectivity index is 1.51. The molecule has 186 valence electrons. The molecule has 0 atom stereocenters. The van der Waals surface area contributed by atoms with Crippen LogP contribution < -0.4 is 5.32 Å². The van der Waals surface area contributed by atoms with Crippen LogP contribution in [0.2, 0.25) is 0 Å². The Bertz CT molecular complexity index is 1630. The fraction of sp³-hybridized carbons (Fsp3) is 0.167. The number of nitrogens with one attached hydrogen (secondary N) is 3. The molecule has 0 aliphatic rings. The average Bonchev–Trinajstić information content (AvgIpc) is 3.68. The summed E-state index contributed by atoms with van der Waals surface area (Å²) in [6, 6.07) is 8.44. The summed E-state index contributed by atoms with van der Waals surface area (Å²) in [6.45, 7) is 12.3. The number of rotatable bonds is 10. The lowest BCUT2D eigenvalue weighted by molar-refractivity contribution is 0.751. The molecule has 5 aromatic heterocycles.